The van der Waals surface area contributed by atoms with E-state index in [0.717, 1.165) is 41.8 Å². The van der Waals surface area contributed by atoms with Gasteiger partial charge in [-0.2, -0.15) is 0 Å². The van der Waals surface area contributed by atoms with Crippen molar-refractivity contribution in [2.75, 3.05) is 31.6 Å². The molecule has 4 nitrogen and oxygen atoms in total. The van der Waals surface area contributed by atoms with Crippen LogP contribution in [0, 0.1) is 5.82 Å². The van der Waals surface area contributed by atoms with Crippen molar-refractivity contribution in [1.29, 1.82) is 0 Å². The lowest BCUT2D eigenvalue weighted by Crippen LogP contribution is -2.42. The number of carbonyl (C=O) groups excluding carboxylic acids is 1. The molecule has 0 bridgehead atoms. The highest BCUT2D eigenvalue weighted by Crippen LogP contribution is 2.28. The number of hydrogen-bond acceptors (Lipinski definition) is 3. The van der Waals surface area contributed by atoms with Crippen LogP contribution in [0.5, 0.6) is 0 Å². The Morgan fingerprint density at radius 2 is 2.00 bits per heavy atom. The molecule has 26 heavy (non-hydrogen) atoms. The second kappa shape index (κ2) is 8.06. The minimum Gasteiger partial charge on any atom is -0.385 e. The van der Waals surface area contributed by atoms with Gasteiger partial charge in [-0.15, -0.1) is 12.4 Å². The quantitative estimate of drug-likeness (QED) is 0.866. The van der Waals surface area contributed by atoms with Crippen LogP contribution in [0.15, 0.2) is 42.5 Å². The van der Waals surface area contributed by atoms with E-state index in [2.05, 4.69) is 5.32 Å². The van der Waals surface area contributed by atoms with Crippen molar-refractivity contribution < 1.29 is 13.9 Å². The third-order valence-corrected chi connectivity index (χ3v) is 4.92. The zero-order chi connectivity index (χ0) is 17.2. The van der Waals surface area contributed by atoms with Gasteiger partial charge in [-0.25, -0.2) is 4.39 Å². The van der Waals surface area contributed by atoms with Crippen molar-refractivity contribution in [3.05, 3.63) is 65.0 Å². The zero-order valence-corrected chi connectivity index (χ0v) is 15.2. The Labute approximate surface area is 158 Å². The molecule has 0 spiro atoms. The van der Waals surface area contributed by atoms with Crippen molar-refractivity contribution >= 4 is 24.0 Å². The lowest BCUT2D eigenvalue weighted by atomic mass is 9.96. The molecular formula is C20H22ClFN2O2. The summed E-state index contributed by atoms with van der Waals surface area (Å²) >= 11 is 0. The Kier molecular flexibility index (Phi) is 5.79. The molecule has 1 fully saturated rings. The number of halogens is 2. The summed E-state index contributed by atoms with van der Waals surface area (Å²) in [5.41, 5.74) is 3.86. The van der Waals surface area contributed by atoms with Gasteiger partial charge < -0.3 is 15.0 Å². The largest absolute Gasteiger partial charge is 0.385 e. The first-order chi connectivity index (χ1) is 12.2. The van der Waals surface area contributed by atoms with Gasteiger partial charge in [0.05, 0.1) is 13.2 Å². The van der Waals surface area contributed by atoms with Gasteiger partial charge in [0.25, 0.3) is 5.91 Å². The molecule has 1 saturated heterocycles. The minimum absolute atomic E-state index is 0. The number of morpholine rings is 1. The Balaban J connectivity index is 0.00000196. The molecule has 6 heteroatoms. The minimum atomic E-state index is -0.268. The number of carbonyl (C=O) groups is 1. The van der Waals surface area contributed by atoms with Gasteiger partial charge in [0, 0.05) is 24.3 Å². The summed E-state index contributed by atoms with van der Waals surface area (Å²) in [6.07, 6.45) is 1.75. The van der Waals surface area contributed by atoms with E-state index in [1.165, 1.54) is 12.1 Å². The highest BCUT2D eigenvalue weighted by Gasteiger charge is 2.28. The number of benzene rings is 2. The average Bonchev–Trinajstić information content (AvgIpc) is 2.68. The van der Waals surface area contributed by atoms with E-state index in [4.69, 9.17) is 4.74 Å². The molecular weight excluding hydrogens is 355 g/mol. The van der Waals surface area contributed by atoms with E-state index in [0.29, 0.717) is 19.7 Å². The smallest absolute Gasteiger partial charge is 0.254 e. The van der Waals surface area contributed by atoms with E-state index < -0.39 is 0 Å². The number of ether oxygens (including phenoxy) is 1. The standard InChI is InChI=1S/C20H21FN2O2.ClH/c21-15-8-6-14(7-9-15)19-13-23(11-12-25-19)20(24)17-3-1-5-18-16(17)4-2-10-22-18;/h1,3,5-9,19,22H,2,4,10-13H2;1H. The number of anilines is 1. The summed E-state index contributed by atoms with van der Waals surface area (Å²) < 4.78 is 18.9. The summed E-state index contributed by atoms with van der Waals surface area (Å²) in [5, 5.41) is 3.37. The van der Waals surface area contributed by atoms with Crippen LogP contribution < -0.4 is 5.32 Å². The van der Waals surface area contributed by atoms with Crippen molar-refractivity contribution in [1.82, 2.24) is 4.90 Å². The predicted octanol–water partition coefficient (Wildman–Crippen LogP) is 3.82. The summed E-state index contributed by atoms with van der Waals surface area (Å²) in [6.45, 7) is 2.51. The first kappa shape index (κ1) is 18.7. The van der Waals surface area contributed by atoms with Crippen molar-refractivity contribution in [3.63, 3.8) is 0 Å². The van der Waals surface area contributed by atoms with Crippen LogP contribution in [0.3, 0.4) is 0 Å². The molecule has 0 radical (unpaired) electrons. The summed E-state index contributed by atoms with van der Waals surface area (Å²) in [6, 6.07) is 12.2. The van der Waals surface area contributed by atoms with E-state index >= 15 is 0 Å². The lowest BCUT2D eigenvalue weighted by Gasteiger charge is -2.34. The molecule has 1 atom stereocenters. The monoisotopic (exact) mass is 376 g/mol. The van der Waals surface area contributed by atoms with E-state index in [1.807, 2.05) is 23.1 Å². The van der Waals surface area contributed by atoms with E-state index in [9.17, 15) is 9.18 Å². The maximum absolute atomic E-state index is 13.1. The molecule has 2 heterocycles. The number of amides is 1. The van der Waals surface area contributed by atoms with E-state index in [-0.39, 0.29) is 30.2 Å². The molecule has 138 valence electrons. The lowest BCUT2D eigenvalue weighted by molar-refractivity contribution is -0.0228. The normalized spacial score (nSPS) is 19.1. The number of hydrogen-bond donors (Lipinski definition) is 1. The Morgan fingerprint density at radius 3 is 2.81 bits per heavy atom. The van der Waals surface area contributed by atoms with Gasteiger partial charge in [0.1, 0.15) is 11.9 Å². The molecule has 2 aliphatic rings. The van der Waals surface area contributed by atoms with Gasteiger partial charge in [-0.3, -0.25) is 4.79 Å². The number of rotatable bonds is 2. The maximum atomic E-state index is 13.1. The number of fused-ring (bicyclic) bond motifs is 1. The predicted molar refractivity (Wildman–Crippen MR) is 101 cm³/mol. The van der Waals surface area contributed by atoms with Crippen molar-refractivity contribution in [2.24, 2.45) is 0 Å². The number of nitrogens with one attached hydrogen (secondary N) is 1. The second-order valence-electron chi connectivity index (χ2n) is 6.52. The molecule has 1 amide bonds. The van der Waals surface area contributed by atoms with Crippen LogP contribution in [0.25, 0.3) is 0 Å². The Bertz CT molecular complexity index is 782. The fraction of sp³-hybridized carbons (Fsp3) is 0.350. The molecule has 1 N–H and O–H groups in total. The molecule has 0 saturated carbocycles. The SMILES string of the molecule is Cl.O=C(c1cccc2c1CCCN2)N1CCOC(c2ccc(F)cc2)C1. The molecule has 0 aliphatic carbocycles. The highest BCUT2D eigenvalue weighted by atomic mass is 35.5. The summed E-state index contributed by atoms with van der Waals surface area (Å²) in [4.78, 5) is 14.9. The third-order valence-electron chi connectivity index (χ3n) is 4.92. The maximum Gasteiger partial charge on any atom is 0.254 e. The first-order valence-corrected chi connectivity index (χ1v) is 8.74. The van der Waals surface area contributed by atoms with Gasteiger partial charge >= 0.3 is 0 Å². The number of nitrogens with zero attached hydrogens (tertiary/aromatic N) is 1. The van der Waals surface area contributed by atoms with Crippen LogP contribution in [-0.4, -0.2) is 37.0 Å². The Morgan fingerprint density at radius 1 is 1.19 bits per heavy atom. The summed E-state index contributed by atoms with van der Waals surface area (Å²) in [7, 11) is 0. The van der Waals surface area contributed by atoms with Crippen LogP contribution in [0.1, 0.15) is 34.0 Å². The van der Waals surface area contributed by atoms with Gasteiger partial charge in [0.15, 0.2) is 0 Å². The second-order valence-corrected chi connectivity index (χ2v) is 6.52. The zero-order valence-electron chi connectivity index (χ0n) is 14.4. The molecule has 1 unspecified atom stereocenters. The van der Waals surface area contributed by atoms with Crippen LogP contribution in [-0.2, 0) is 11.2 Å². The third kappa shape index (κ3) is 3.69. The van der Waals surface area contributed by atoms with Gasteiger partial charge in [-0.05, 0) is 48.2 Å². The van der Waals surface area contributed by atoms with Gasteiger partial charge in [0.2, 0.25) is 0 Å². The van der Waals surface area contributed by atoms with Crippen LogP contribution >= 0.6 is 12.4 Å². The van der Waals surface area contributed by atoms with Crippen molar-refractivity contribution in [2.45, 2.75) is 18.9 Å². The molecule has 0 aromatic heterocycles. The molecule has 2 aromatic rings. The van der Waals surface area contributed by atoms with E-state index in [1.54, 1.807) is 12.1 Å². The molecule has 2 aliphatic heterocycles. The fourth-order valence-electron chi connectivity index (χ4n) is 3.59. The molecule has 4 rings (SSSR count). The van der Waals surface area contributed by atoms with Crippen LogP contribution in [0.2, 0.25) is 0 Å². The summed E-state index contributed by atoms with van der Waals surface area (Å²) in [5.74, 6) is -0.216. The topological polar surface area (TPSA) is 41.6 Å². The fourth-order valence-corrected chi connectivity index (χ4v) is 3.59. The highest BCUT2D eigenvalue weighted by molar-refractivity contribution is 5.97. The average molecular weight is 377 g/mol. The van der Waals surface area contributed by atoms with Crippen LogP contribution in [0.4, 0.5) is 10.1 Å². The first-order valence-electron chi connectivity index (χ1n) is 8.74. The molecule has 2 aromatic carbocycles. The van der Waals surface area contributed by atoms with Crippen molar-refractivity contribution in [3.8, 4) is 0 Å². The van der Waals surface area contributed by atoms with Gasteiger partial charge in [-0.1, -0.05) is 18.2 Å². The Hall–Kier alpha value is -2.11.